The minimum Gasteiger partial charge on any atom is -0.308 e. The first kappa shape index (κ1) is 12.6. The quantitative estimate of drug-likeness (QED) is 0.640. The van der Waals surface area contributed by atoms with Crippen LogP contribution >= 0.6 is 11.6 Å². The molecule has 4 nitrogen and oxygen atoms in total. The number of hydrogen-bond acceptors (Lipinski definition) is 4. The second-order valence-electron chi connectivity index (χ2n) is 4.62. The second-order valence-corrected chi connectivity index (χ2v) is 5.03. The van der Waals surface area contributed by atoms with E-state index in [1.807, 2.05) is 6.07 Å². The van der Waals surface area contributed by atoms with E-state index < -0.39 is 0 Å². The van der Waals surface area contributed by atoms with Crippen molar-refractivity contribution in [3.05, 3.63) is 22.8 Å². The third-order valence-corrected chi connectivity index (χ3v) is 3.76. The Balaban J connectivity index is 2.06. The average molecular weight is 255 g/mol. The Morgan fingerprint density at radius 2 is 2.18 bits per heavy atom. The first-order chi connectivity index (χ1) is 8.20. The molecule has 0 amide bonds. The molecule has 1 aromatic rings. The van der Waals surface area contributed by atoms with Gasteiger partial charge in [-0.15, -0.1) is 0 Å². The van der Waals surface area contributed by atoms with Crippen LogP contribution in [0.1, 0.15) is 31.4 Å². The Labute approximate surface area is 107 Å². The fourth-order valence-corrected chi connectivity index (χ4v) is 2.55. The lowest BCUT2D eigenvalue weighted by Gasteiger charge is -2.24. The molecule has 0 aliphatic heterocycles. The highest BCUT2D eigenvalue weighted by Crippen LogP contribution is 2.25. The molecule has 5 heteroatoms. The van der Waals surface area contributed by atoms with Gasteiger partial charge in [0.15, 0.2) is 0 Å². The number of rotatable bonds is 4. The highest BCUT2D eigenvalue weighted by atomic mass is 35.5. The number of nitrogens with zero attached hydrogens (tertiary/aromatic N) is 2. The van der Waals surface area contributed by atoms with Crippen LogP contribution in [-0.2, 0) is 6.54 Å². The smallest absolute Gasteiger partial charge is 0.140 e. The Hall–Kier alpha value is -0.840. The lowest BCUT2D eigenvalue weighted by Crippen LogP contribution is -2.29. The minimum atomic E-state index is 0.657. The topological polar surface area (TPSA) is 54.2 Å². The summed E-state index contributed by atoms with van der Waals surface area (Å²) >= 11 is 6.15. The molecule has 1 saturated carbocycles. The number of hydrogen-bond donors (Lipinski definition) is 2. The van der Waals surface area contributed by atoms with E-state index in [0.29, 0.717) is 16.9 Å². The maximum Gasteiger partial charge on any atom is 0.140 e. The molecular weight excluding hydrogens is 236 g/mol. The van der Waals surface area contributed by atoms with Gasteiger partial charge < -0.3 is 5.43 Å². The highest BCUT2D eigenvalue weighted by Gasteiger charge is 2.20. The lowest BCUT2D eigenvalue weighted by molar-refractivity contribution is 0.235. The fourth-order valence-electron chi connectivity index (χ4n) is 2.39. The van der Waals surface area contributed by atoms with Crippen molar-refractivity contribution in [2.24, 2.45) is 5.84 Å². The molecule has 3 N–H and O–H groups in total. The standard InChI is InChI=1S/C12H19ClN4/c1-17(9-4-2-3-5-9)8-11-10(13)6-7-12(15-11)16-14/h6-7,9H,2-5,8,14H2,1H3,(H,15,16). The number of hydrazine groups is 1. The summed E-state index contributed by atoms with van der Waals surface area (Å²) in [5.41, 5.74) is 3.43. The molecule has 1 fully saturated rings. The van der Waals surface area contributed by atoms with Crippen molar-refractivity contribution in [1.82, 2.24) is 9.88 Å². The zero-order chi connectivity index (χ0) is 12.3. The zero-order valence-corrected chi connectivity index (χ0v) is 10.9. The van der Waals surface area contributed by atoms with Gasteiger partial charge in [-0.25, -0.2) is 10.8 Å². The highest BCUT2D eigenvalue weighted by molar-refractivity contribution is 6.31. The zero-order valence-electron chi connectivity index (χ0n) is 10.1. The molecular formula is C12H19ClN4. The Kier molecular flexibility index (Phi) is 4.20. The van der Waals surface area contributed by atoms with Crippen molar-refractivity contribution in [2.75, 3.05) is 12.5 Å². The van der Waals surface area contributed by atoms with Gasteiger partial charge in [-0.1, -0.05) is 24.4 Å². The van der Waals surface area contributed by atoms with E-state index in [-0.39, 0.29) is 0 Å². The summed E-state index contributed by atoms with van der Waals surface area (Å²) in [5.74, 6) is 6.01. The number of anilines is 1. The fraction of sp³-hybridized carbons (Fsp3) is 0.583. The van der Waals surface area contributed by atoms with E-state index in [0.717, 1.165) is 12.2 Å². The van der Waals surface area contributed by atoms with Crippen molar-refractivity contribution >= 4 is 17.4 Å². The van der Waals surface area contributed by atoms with Crippen LogP contribution in [0.3, 0.4) is 0 Å². The van der Waals surface area contributed by atoms with Crippen LogP contribution in [0.15, 0.2) is 12.1 Å². The molecule has 0 atom stereocenters. The predicted octanol–water partition coefficient (Wildman–Crippen LogP) is 2.40. The van der Waals surface area contributed by atoms with Crippen molar-refractivity contribution in [2.45, 2.75) is 38.3 Å². The number of aromatic nitrogens is 1. The molecule has 17 heavy (non-hydrogen) atoms. The van der Waals surface area contributed by atoms with Crippen molar-refractivity contribution in [3.63, 3.8) is 0 Å². The summed E-state index contributed by atoms with van der Waals surface area (Å²) < 4.78 is 0. The number of halogens is 1. The van der Waals surface area contributed by atoms with Crippen molar-refractivity contribution in [1.29, 1.82) is 0 Å². The van der Waals surface area contributed by atoms with E-state index in [2.05, 4.69) is 22.4 Å². The molecule has 0 bridgehead atoms. The van der Waals surface area contributed by atoms with Crippen LogP contribution in [0.25, 0.3) is 0 Å². The van der Waals surface area contributed by atoms with Crippen LogP contribution < -0.4 is 11.3 Å². The van der Waals surface area contributed by atoms with E-state index >= 15 is 0 Å². The molecule has 2 rings (SSSR count). The number of nitrogen functional groups attached to an aromatic ring is 1. The molecule has 94 valence electrons. The van der Waals surface area contributed by atoms with Crippen molar-refractivity contribution in [3.8, 4) is 0 Å². The van der Waals surface area contributed by atoms with Crippen LogP contribution in [0.4, 0.5) is 5.82 Å². The second kappa shape index (κ2) is 5.67. The van der Waals surface area contributed by atoms with Gasteiger partial charge >= 0.3 is 0 Å². The van der Waals surface area contributed by atoms with E-state index in [1.54, 1.807) is 6.07 Å². The molecule has 1 aliphatic rings. The van der Waals surface area contributed by atoms with Crippen molar-refractivity contribution < 1.29 is 0 Å². The molecule has 0 radical (unpaired) electrons. The van der Waals surface area contributed by atoms with Gasteiger partial charge in [0.05, 0.1) is 10.7 Å². The molecule has 1 aromatic heterocycles. The van der Waals surface area contributed by atoms with Crippen LogP contribution in [0.5, 0.6) is 0 Å². The predicted molar refractivity (Wildman–Crippen MR) is 70.8 cm³/mol. The Morgan fingerprint density at radius 3 is 2.82 bits per heavy atom. The van der Waals surface area contributed by atoms with Gasteiger partial charge in [-0.3, -0.25) is 4.90 Å². The van der Waals surface area contributed by atoms with Gasteiger partial charge in [-0.2, -0.15) is 0 Å². The van der Waals surface area contributed by atoms with E-state index in [1.165, 1.54) is 25.7 Å². The molecule has 0 aromatic carbocycles. The number of nitrogens with one attached hydrogen (secondary N) is 1. The first-order valence-corrected chi connectivity index (χ1v) is 6.41. The Morgan fingerprint density at radius 1 is 1.47 bits per heavy atom. The monoisotopic (exact) mass is 254 g/mol. The van der Waals surface area contributed by atoms with Gasteiger partial charge in [-0.05, 0) is 32.0 Å². The normalized spacial score (nSPS) is 16.7. The molecule has 1 aliphatic carbocycles. The maximum atomic E-state index is 6.15. The average Bonchev–Trinajstić information content (AvgIpc) is 2.85. The summed E-state index contributed by atoms with van der Waals surface area (Å²) in [6, 6.07) is 4.28. The SMILES string of the molecule is CN(Cc1nc(NN)ccc1Cl)C1CCCC1. The van der Waals surface area contributed by atoms with E-state index in [9.17, 15) is 0 Å². The van der Waals surface area contributed by atoms with Gasteiger partial charge in [0, 0.05) is 12.6 Å². The van der Waals surface area contributed by atoms with Gasteiger partial charge in [0.1, 0.15) is 5.82 Å². The van der Waals surface area contributed by atoms with Gasteiger partial charge in [0.2, 0.25) is 0 Å². The van der Waals surface area contributed by atoms with Crippen LogP contribution in [0.2, 0.25) is 5.02 Å². The van der Waals surface area contributed by atoms with E-state index in [4.69, 9.17) is 17.4 Å². The Bertz CT molecular complexity index is 377. The van der Waals surface area contributed by atoms with Crippen LogP contribution in [0, 0.1) is 0 Å². The summed E-state index contributed by atoms with van der Waals surface area (Å²) in [7, 11) is 2.14. The third kappa shape index (κ3) is 3.09. The first-order valence-electron chi connectivity index (χ1n) is 6.03. The summed E-state index contributed by atoms with van der Waals surface area (Å²) in [5, 5.41) is 0.703. The number of pyridine rings is 1. The van der Waals surface area contributed by atoms with Gasteiger partial charge in [0.25, 0.3) is 0 Å². The van der Waals surface area contributed by atoms with Crippen LogP contribution in [-0.4, -0.2) is 23.0 Å². The molecule has 0 spiro atoms. The third-order valence-electron chi connectivity index (χ3n) is 3.41. The summed E-state index contributed by atoms with van der Waals surface area (Å²) in [6.45, 7) is 0.777. The molecule has 1 heterocycles. The summed E-state index contributed by atoms with van der Waals surface area (Å²) in [6.07, 6.45) is 5.23. The summed E-state index contributed by atoms with van der Waals surface area (Å²) in [4.78, 5) is 6.73. The molecule has 0 saturated heterocycles. The molecule has 0 unspecified atom stereocenters. The number of nitrogens with two attached hydrogens (primary N) is 1. The largest absolute Gasteiger partial charge is 0.308 e. The lowest BCUT2D eigenvalue weighted by atomic mass is 10.2. The maximum absolute atomic E-state index is 6.15. The minimum absolute atomic E-state index is 0.657.